The summed E-state index contributed by atoms with van der Waals surface area (Å²) in [6.07, 6.45) is 3.35. The average molecular weight is 323 g/mol. The van der Waals surface area contributed by atoms with E-state index in [1.165, 1.54) is 11.0 Å². The van der Waals surface area contributed by atoms with Crippen LogP contribution in [0.4, 0.5) is 4.39 Å². The smallest absolute Gasteiger partial charge is 0.258 e. The first kappa shape index (κ1) is 13.7. The van der Waals surface area contributed by atoms with Gasteiger partial charge in [0.05, 0.1) is 5.56 Å². The van der Waals surface area contributed by atoms with Crippen LogP contribution in [0.1, 0.15) is 15.9 Å². The molecule has 1 aromatic heterocycles. The van der Waals surface area contributed by atoms with Crippen molar-refractivity contribution in [3.05, 3.63) is 64.1 Å². The molecule has 0 spiro atoms. The van der Waals surface area contributed by atoms with Crippen molar-refractivity contribution in [1.29, 1.82) is 0 Å². The number of hydrogen-bond donors (Lipinski definition) is 0. The van der Waals surface area contributed by atoms with Crippen LogP contribution in [0.15, 0.2) is 47.2 Å². The molecule has 0 saturated heterocycles. The third-order valence-corrected chi connectivity index (χ3v) is 3.33. The molecule has 0 unspecified atom stereocenters. The van der Waals surface area contributed by atoms with Crippen molar-refractivity contribution in [3.63, 3.8) is 0 Å². The lowest BCUT2D eigenvalue weighted by Gasteiger charge is -2.18. The Morgan fingerprint density at radius 1 is 1.37 bits per heavy atom. The number of pyridine rings is 1. The molecule has 0 N–H and O–H groups in total. The summed E-state index contributed by atoms with van der Waals surface area (Å²) in [6.45, 7) is 0.382. The van der Waals surface area contributed by atoms with Crippen LogP contribution in [-0.4, -0.2) is 22.8 Å². The Labute approximate surface area is 119 Å². The van der Waals surface area contributed by atoms with E-state index in [1.807, 2.05) is 6.07 Å². The van der Waals surface area contributed by atoms with Crippen molar-refractivity contribution in [1.82, 2.24) is 9.88 Å². The van der Waals surface area contributed by atoms with E-state index >= 15 is 0 Å². The van der Waals surface area contributed by atoms with E-state index in [9.17, 15) is 9.18 Å². The van der Waals surface area contributed by atoms with Crippen molar-refractivity contribution in [2.75, 3.05) is 7.05 Å². The third kappa shape index (κ3) is 3.17. The third-order valence-electron chi connectivity index (χ3n) is 2.67. The van der Waals surface area contributed by atoms with Gasteiger partial charge in [-0.05, 0) is 39.7 Å². The van der Waals surface area contributed by atoms with Gasteiger partial charge in [-0.2, -0.15) is 0 Å². The Hall–Kier alpha value is -1.75. The number of amides is 1. The summed E-state index contributed by atoms with van der Waals surface area (Å²) >= 11 is 3.20. The summed E-state index contributed by atoms with van der Waals surface area (Å²) < 4.78 is 14.2. The fourth-order valence-electron chi connectivity index (χ4n) is 1.73. The van der Waals surface area contributed by atoms with Gasteiger partial charge in [0.15, 0.2) is 0 Å². The second kappa shape index (κ2) is 5.93. The van der Waals surface area contributed by atoms with Gasteiger partial charge in [0, 0.05) is 30.5 Å². The van der Waals surface area contributed by atoms with Gasteiger partial charge < -0.3 is 4.90 Å². The lowest BCUT2D eigenvalue weighted by molar-refractivity contribution is 0.0779. The highest BCUT2D eigenvalue weighted by atomic mass is 79.9. The quantitative estimate of drug-likeness (QED) is 0.869. The Morgan fingerprint density at radius 2 is 2.16 bits per heavy atom. The zero-order valence-corrected chi connectivity index (χ0v) is 11.9. The Kier molecular flexibility index (Phi) is 4.27. The van der Waals surface area contributed by atoms with E-state index in [1.54, 1.807) is 37.6 Å². The minimum atomic E-state index is -0.530. The molecule has 0 bridgehead atoms. The normalized spacial score (nSPS) is 10.3. The maximum Gasteiger partial charge on any atom is 0.258 e. The first-order chi connectivity index (χ1) is 9.09. The van der Waals surface area contributed by atoms with E-state index in [2.05, 4.69) is 20.9 Å². The predicted molar refractivity (Wildman–Crippen MR) is 74.1 cm³/mol. The summed E-state index contributed by atoms with van der Waals surface area (Å²) in [5, 5.41) is 0. The SMILES string of the molecule is CN(Cc1cccnc1)C(=O)c1c(F)cccc1Br. The molecule has 1 amide bonds. The van der Waals surface area contributed by atoms with Gasteiger partial charge in [0.25, 0.3) is 5.91 Å². The van der Waals surface area contributed by atoms with Gasteiger partial charge in [-0.3, -0.25) is 9.78 Å². The van der Waals surface area contributed by atoms with Gasteiger partial charge in [0.2, 0.25) is 0 Å². The van der Waals surface area contributed by atoms with Gasteiger partial charge in [-0.15, -0.1) is 0 Å². The average Bonchev–Trinajstić information content (AvgIpc) is 2.39. The van der Waals surface area contributed by atoms with Crippen LogP contribution in [0.3, 0.4) is 0 Å². The molecule has 2 aromatic rings. The first-order valence-electron chi connectivity index (χ1n) is 5.68. The monoisotopic (exact) mass is 322 g/mol. The number of nitrogens with zero attached hydrogens (tertiary/aromatic N) is 2. The minimum absolute atomic E-state index is 0.0499. The highest BCUT2D eigenvalue weighted by Gasteiger charge is 2.19. The van der Waals surface area contributed by atoms with Crippen molar-refractivity contribution in [2.24, 2.45) is 0 Å². The Balaban J connectivity index is 2.20. The molecule has 0 aliphatic heterocycles. The first-order valence-corrected chi connectivity index (χ1v) is 6.47. The van der Waals surface area contributed by atoms with Gasteiger partial charge in [0.1, 0.15) is 5.82 Å². The summed E-state index contributed by atoms with van der Waals surface area (Å²) in [5.74, 6) is -0.897. The summed E-state index contributed by atoms with van der Waals surface area (Å²) in [5.41, 5.74) is 0.944. The molecule has 1 heterocycles. The van der Waals surface area contributed by atoms with Crippen LogP contribution in [0, 0.1) is 5.82 Å². The van der Waals surface area contributed by atoms with Crippen molar-refractivity contribution in [3.8, 4) is 0 Å². The maximum atomic E-state index is 13.7. The molecule has 3 nitrogen and oxygen atoms in total. The molecule has 19 heavy (non-hydrogen) atoms. The van der Waals surface area contributed by atoms with Crippen LogP contribution in [-0.2, 0) is 6.54 Å². The van der Waals surface area contributed by atoms with Crippen molar-refractivity contribution >= 4 is 21.8 Å². The number of benzene rings is 1. The molecule has 0 atom stereocenters. The van der Waals surface area contributed by atoms with Crippen LogP contribution < -0.4 is 0 Å². The molecule has 0 fully saturated rings. The number of hydrogen-bond acceptors (Lipinski definition) is 2. The van der Waals surface area contributed by atoms with E-state index in [0.29, 0.717) is 11.0 Å². The number of halogens is 2. The molecule has 98 valence electrons. The molecule has 1 aromatic carbocycles. The minimum Gasteiger partial charge on any atom is -0.337 e. The summed E-state index contributed by atoms with van der Waals surface area (Å²) in [4.78, 5) is 17.7. The largest absolute Gasteiger partial charge is 0.337 e. The van der Waals surface area contributed by atoms with Crippen LogP contribution >= 0.6 is 15.9 Å². The van der Waals surface area contributed by atoms with Gasteiger partial charge in [-0.1, -0.05) is 12.1 Å². The molecule has 5 heteroatoms. The second-order valence-corrected chi connectivity index (χ2v) is 4.97. The number of carbonyl (C=O) groups is 1. The van der Waals surface area contributed by atoms with E-state index < -0.39 is 5.82 Å². The number of carbonyl (C=O) groups excluding carboxylic acids is 1. The molecular weight excluding hydrogens is 311 g/mol. The van der Waals surface area contributed by atoms with E-state index in [4.69, 9.17) is 0 Å². The Morgan fingerprint density at radius 3 is 2.79 bits per heavy atom. The lowest BCUT2D eigenvalue weighted by Crippen LogP contribution is -2.27. The molecule has 2 rings (SSSR count). The molecule has 0 saturated carbocycles. The zero-order chi connectivity index (χ0) is 13.8. The second-order valence-electron chi connectivity index (χ2n) is 4.12. The van der Waals surface area contributed by atoms with Crippen molar-refractivity contribution < 1.29 is 9.18 Å². The number of aromatic nitrogens is 1. The Bertz CT molecular complexity index is 569. The maximum absolute atomic E-state index is 13.7. The standard InChI is InChI=1S/C14H12BrFN2O/c1-18(9-10-4-3-7-17-8-10)14(19)13-11(15)5-2-6-12(13)16/h2-8H,9H2,1H3. The van der Waals surface area contributed by atoms with Crippen LogP contribution in [0.25, 0.3) is 0 Å². The number of rotatable bonds is 3. The molecule has 0 aliphatic rings. The highest BCUT2D eigenvalue weighted by Crippen LogP contribution is 2.21. The van der Waals surface area contributed by atoms with E-state index in [0.717, 1.165) is 5.56 Å². The van der Waals surface area contributed by atoms with E-state index in [-0.39, 0.29) is 11.5 Å². The summed E-state index contributed by atoms with van der Waals surface area (Å²) in [6, 6.07) is 8.14. The fraction of sp³-hybridized carbons (Fsp3) is 0.143. The van der Waals surface area contributed by atoms with Gasteiger partial charge in [-0.25, -0.2) is 4.39 Å². The molecular formula is C14H12BrFN2O. The molecule has 0 radical (unpaired) electrons. The summed E-state index contributed by atoms with van der Waals surface area (Å²) in [7, 11) is 1.63. The topological polar surface area (TPSA) is 33.2 Å². The molecule has 0 aliphatic carbocycles. The van der Waals surface area contributed by atoms with Gasteiger partial charge >= 0.3 is 0 Å². The van der Waals surface area contributed by atoms with Crippen LogP contribution in [0.5, 0.6) is 0 Å². The highest BCUT2D eigenvalue weighted by molar-refractivity contribution is 9.10. The van der Waals surface area contributed by atoms with Crippen LogP contribution in [0.2, 0.25) is 0 Å². The lowest BCUT2D eigenvalue weighted by atomic mass is 10.1. The van der Waals surface area contributed by atoms with Crippen molar-refractivity contribution in [2.45, 2.75) is 6.54 Å². The zero-order valence-electron chi connectivity index (χ0n) is 10.3. The fourth-order valence-corrected chi connectivity index (χ4v) is 2.24. The predicted octanol–water partition coefficient (Wildman–Crippen LogP) is 3.26.